The molecule has 0 saturated heterocycles. The standard InChI is InChI=1S/C74H110O2.H4O5P2/c1-43-35-47(65(5,6)7)55(48(36-43)66(8,9)10)57-59(73(29,30)31)64(76-62-53(71(23,24)25)41-46(4)42-54(62)72(26,27)28)58(56-49(67(11,12)13)37-44(2)38-50(56)68(14,15)16)60(74(32,33)34)63(57)75-61-51(69(17,18)19)39-45(3)40-52(61)70(20,21)22;1-6(2)5-7(3)4/h35-42H,1-34H3;1-4H. The van der Waals surface area contributed by atoms with Gasteiger partial charge in [0.05, 0.1) is 0 Å². The first-order valence-corrected chi connectivity index (χ1v) is 32.4. The highest BCUT2D eigenvalue weighted by atomic mass is 31.2. The van der Waals surface area contributed by atoms with Crippen molar-refractivity contribution in [1.82, 2.24) is 0 Å². The number of ether oxygens (including phenoxy) is 2. The Labute approximate surface area is 509 Å². The van der Waals surface area contributed by atoms with Crippen LogP contribution in [-0.2, 0) is 58.5 Å². The maximum absolute atomic E-state index is 8.55. The summed E-state index contributed by atoms with van der Waals surface area (Å²) in [6.07, 6.45) is 0. The summed E-state index contributed by atoms with van der Waals surface area (Å²) in [6.45, 7) is 80.6. The zero-order valence-electron chi connectivity index (χ0n) is 58.5. The summed E-state index contributed by atoms with van der Waals surface area (Å²) < 4.78 is 20.7. The second-order valence-electron chi connectivity index (χ2n) is 34.3. The zero-order chi connectivity index (χ0) is 64.6. The van der Waals surface area contributed by atoms with E-state index >= 15 is 0 Å². The molecule has 0 radical (unpaired) electrons. The summed E-state index contributed by atoms with van der Waals surface area (Å²) in [4.78, 5) is 31.3. The van der Waals surface area contributed by atoms with E-state index in [1.54, 1.807) is 0 Å². The van der Waals surface area contributed by atoms with E-state index in [2.05, 4.69) is 288 Å². The van der Waals surface area contributed by atoms with Gasteiger partial charge in [0, 0.05) is 44.5 Å². The van der Waals surface area contributed by atoms with Gasteiger partial charge in [-0.25, -0.2) is 4.31 Å². The molecular weight excluding hydrogens is 1060 g/mol. The maximum Gasteiger partial charge on any atom is 0.334 e. The Morgan fingerprint density at radius 1 is 0.241 bits per heavy atom. The van der Waals surface area contributed by atoms with Crippen LogP contribution in [0.3, 0.4) is 0 Å². The van der Waals surface area contributed by atoms with Crippen molar-refractivity contribution in [2.45, 2.75) is 290 Å². The molecule has 0 amide bonds. The van der Waals surface area contributed by atoms with E-state index < -0.39 is 28.0 Å². The summed E-state index contributed by atoms with van der Waals surface area (Å²) >= 11 is 0. The van der Waals surface area contributed by atoms with Crippen molar-refractivity contribution in [1.29, 1.82) is 0 Å². The lowest BCUT2D eigenvalue weighted by molar-refractivity contribution is 0.324. The molecule has 0 aromatic heterocycles. The van der Waals surface area contributed by atoms with Gasteiger partial charge in [0.2, 0.25) is 0 Å². The molecule has 0 unspecified atom stereocenters. The van der Waals surface area contributed by atoms with Crippen LogP contribution in [0.1, 0.15) is 286 Å². The van der Waals surface area contributed by atoms with Crippen molar-refractivity contribution in [3.05, 3.63) is 126 Å². The molecule has 5 aromatic rings. The molecule has 0 saturated carbocycles. The average Bonchev–Trinajstić information content (AvgIpc) is 3.39. The van der Waals surface area contributed by atoms with Crippen LogP contribution in [0.2, 0.25) is 0 Å². The third-order valence-electron chi connectivity index (χ3n) is 15.5. The van der Waals surface area contributed by atoms with E-state index in [0.29, 0.717) is 0 Å². The van der Waals surface area contributed by atoms with E-state index in [1.165, 1.54) is 77.9 Å². The van der Waals surface area contributed by atoms with Crippen molar-refractivity contribution in [3.8, 4) is 45.3 Å². The number of benzene rings is 5. The first kappa shape index (κ1) is 71.8. The van der Waals surface area contributed by atoms with Gasteiger partial charge in [0.1, 0.15) is 23.0 Å². The van der Waals surface area contributed by atoms with Crippen LogP contribution in [0.25, 0.3) is 22.3 Å². The Balaban J connectivity index is 0.00000198. The van der Waals surface area contributed by atoms with E-state index in [4.69, 9.17) is 29.0 Å². The minimum atomic E-state index is -2.61. The van der Waals surface area contributed by atoms with Gasteiger partial charge in [-0.3, -0.25) is 0 Å². The monoisotopic (exact) mass is 1180 g/mol. The summed E-state index contributed by atoms with van der Waals surface area (Å²) in [5.41, 5.74) is 19.2. The van der Waals surface area contributed by atoms with E-state index in [0.717, 1.165) is 45.3 Å². The van der Waals surface area contributed by atoms with Crippen LogP contribution in [0.5, 0.6) is 23.0 Å². The van der Waals surface area contributed by atoms with Crippen molar-refractivity contribution in [2.75, 3.05) is 0 Å². The molecule has 4 N–H and O–H groups in total. The molecule has 0 aliphatic rings. The molecule has 0 spiro atoms. The number of aryl methyl sites for hydroxylation is 4. The smallest absolute Gasteiger partial charge is 0.334 e. The fourth-order valence-electron chi connectivity index (χ4n) is 11.6. The number of hydrogen-bond donors (Lipinski definition) is 4. The largest absolute Gasteiger partial charge is 0.456 e. The van der Waals surface area contributed by atoms with Gasteiger partial charge in [0.25, 0.3) is 0 Å². The van der Waals surface area contributed by atoms with Gasteiger partial charge in [0.15, 0.2) is 0 Å². The zero-order valence-corrected chi connectivity index (χ0v) is 60.3. The highest BCUT2D eigenvalue weighted by Gasteiger charge is 2.45. The molecule has 462 valence electrons. The molecule has 0 bridgehead atoms. The van der Waals surface area contributed by atoms with Gasteiger partial charge in [-0.05, 0) is 115 Å². The molecule has 9 heteroatoms. The lowest BCUT2D eigenvalue weighted by atomic mass is 9.65. The Kier molecular flexibility index (Phi) is 20.9. The SMILES string of the molecule is Cc1cc(C(C)(C)C)c(Oc2c(-c3c(C(C)(C)C)cc(C)cc3C(C)(C)C)c(C(C)(C)C)c(Oc3c(C(C)(C)C)cc(C)cc3C(C)(C)C)c(-c3c(C(C)(C)C)cc(C)cc3C(C)(C)C)c2C(C)(C)C)c(C(C)(C)C)c1.OP(O)OP(O)O. The lowest BCUT2D eigenvalue weighted by Gasteiger charge is -2.41. The van der Waals surface area contributed by atoms with Crippen molar-refractivity contribution in [3.63, 3.8) is 0 Å². The first-order chi connectivity index (χ1) is 36.8. The van der Waals surface area contributed by atoms with Crippen LogP contribution >= 0.6 is 17.2 Å². The van der Waals surface area contributed by atoms with E-state index in [-0.39, 0.29) is 43.3 Å². The van der Waals surface area contributed by atoms with Gasteiger partial charge in [-0.1, -0.05) is 278 Å². The quantitative estimate of drug-likeness (QED) is 0.115. The highest BCUT2D eigenvalue weighted by Crippen LogP contribution is 2.63. The van der Waals surface area contributed by atoms with E-state index in [1.807, 2.05) is 0 Å². The minimum absolute atomic E-state index is 0.243. The molecular formula is C74H114O7P2. The van der Waals surface area contributed by atoms with Crippen LogP contribution in [-0.4, -0.2) is 19.6 Å². The topological polar surface area (TPSA) is 109 Å². The summed E-state index contributed by atoms with van der Waals surface area (Å²) in [5, 5.41) is 0. The van der Waals surface area contributed by atoms with Crippen LogP contribution in [0.15, 0.2) is 48.5 Å². The van der Waals surface area contributed by atoms with Crippen molar-refractivity contribution >= 4 is 17.2 Å². The fourth-order valence-corrected chi connectivity index (χ4v) is 12.1. The van der Waals surface area contributed by atoms with E-state index in [9.17, 15) is 0 Å². The fraction of sp³-hybridized carbons (Fsp3) is 0.595. The second-order valence-corrected chi connectivity index (χ2v) is 36.0. The highest BCUT2D eigenvalue weighted by molar-refractivity contribution is 7.53. The third-order valence-corrected chi connectivity index (χ3v) is 16.6. The average molecular weight is 1180 g/mol. The third kappa shape index (κ3) is 16.9. The van der Waals surface area contributed by atoms with Gasteiger partial charge >= 0.3 is 17.2 Å². The van der Waals surface area contributed by atoms with Gasteiger partial charge in [-0.15, -0.1) is 0 Å². The van der Waals surface area contributed by atoms with Crippen LogP contribution in [0.4, 0.5) is 0 Å². The molecule has 0 atom stereocenters. The minimum Gasteiger partial charge on any atom is -0.456 e. The molecule has 0 aliphatic heterocycles. The lowest BCUT2D eigenvalue weighted by Crippen LogP contribution is -2.27. The van der Waals surface area contributed by atoms with Crippen LogP contribution in [0, 0.1) is 27.7 Å². The van der Waals surface area contributed by atoms with Crippen molar-refractivity contribution < 1.29 is 33.4 Å². The predicted molar refractivity (Wildman–Crippen MR) is 360 cm³/mol. The Morgan fingerprint density at radius 2 is 0.410 bits per heavy atom. The normalized spacial score (nSPS) is 13.7. The number of hydrogen-bond acceptors (Lipinski definition) is 7. The molecule has 83 heavy (non-hydrogen) atoms. The van der Waals surface area contributed by atoms with Gasteiger partial charge < -0.3 is 29.0 Å². The summed E-state index contributed by atoms with van der Waals surface area (Å²) in [5.74, 6) is 3.77. The summed E-state index contributed by atoms with van der Waals surface area (Å²) in [6, 6.07) is 19.5. The first-order valence-electron chi connectivity index (χ1n) is 30.1. The molecule has 0 aliphatic carbocycles. The molecule has 5 aromatic carbocycles. The maximum atomic E-state index is 8.55. The molecule has 5 rings (SSSR count). The van der Waals surface area contributed by atoms with Gasteiger partial charge in [-0.2, -0.15) is 0 Å². The summed E-state index contributed by atoms with van der Waals surface area (Å²) in [7, 11) is -5.22. The Hall–Kier alpha value is -3.64. The second kappa shape index (κ2) is 24.1. The molecule has 0 fully saturated rings. The molecule has 0 heterocycles. The van der Waals surface area contributed by atoms with Crippen molar-refractivity contribution in [2.24, 2.45) is 0 Å². The Bertz CT molecular complexity index is 2800. The molecule has 7 nitrogen and oxygen atoms in total. The van der Waals surface area contributed by atoms with Crippen LogP contribution < -0.4 is 9.47 Å². The number of rotatable bonds is 8. The Morgan fingerprint density at radius 3 is 0.542 bits per heavy atom. The predicted octanol–water partition coefficient (Wildman–Crippen LogP) is 22.2.